The number of aliphatic hydroxyl groups excluding tert-OH is 1. The Morgan fingerprint density at radius 2 is 1.95 bits per heavy atom. The van der Waals surface area contributed by atoms with Crippen molar-refractivity contribution in [2.75, 3.05) is 26.2 Å². The first-order chi connectivity index (χ1) is 10.1. The minimum absolute atomic E-state index is 0.120. The molecule has 1 atom stereocenters. The zero-order chi connectivity index (χ0) is 15.3. The molecule has 3 nitrogen and oxygen atoms in total. The first-order valence-corrected chi connectivity index (χ1v) is 8.21. The van der Waals surface area contributed by atoms with Crippen molar-refractivity contribution in [2.24, 2.45) is 5.41 Å². The number of rotatable bonds is 9. The molecule has 0 aliphatic heterocycles. The number of hydrogen-bond acceptors (Lipinski definition) is 3. The smallest absolute Gasteiger partial charge is 0.0558 e. The molecule has 0 heterocycles. The van der Waals surface area contributed by atoms with Crippen LogP contribution in [0.1, 0.15) is 45.2 Å². The molecule has 1 saturated carbocycles. The van der Waals surface area contributed by atoms with Gasteiger partial charge < -0.3 is 10.4 Å². The predicted molar refractivity (Wildman–Crippen MR) is 88.3 cm³/mol. The van der Waals surface area contributed by atoms with Gasteiger partial charge in [-0.2, -0.15) is 0 Å². The van der Waals surface area contributed by atoms with Crippen molar-refractivity contribution in [1.82, 2.24) is 10.2 Å². The number of aliphatic hydroxyl groups is 1. The molecule has 1 aliphatic carbocycles. The molecule has 1 fully saturated rings. The highest BCUT2D eigenvalue weighted by Gasteiger charge is 2.36. The third-order valence-corrected chi connectivity index (χ3v) is 4.38. The van der Waals surface area contributed by atoms with Crippen molar-refractivity contribution >= 4 is 0 Å². The van der Waals surface area contributed by atoms with Gasteiger partial charge in [0.2, 0.25) is 0 Å². The van der Waals surface area contributed by atoms with E-state index >= 15 is 0 Å². The van der Waals surface area contributed by atoms with E-state index in [-0.39, 0.29) is 12.0 Å². The summed E-state index contributed by atoms with van der Waals surface area (Å²) in [6.45, 7) is 9.86. The van der Waals surface area contributed by atoms with Crippen LogP contribution >= 0.6 is 0 Å². The second kappa shape index (κ2) is 7.39. The van der Waals surface area contributed by atoms with Gasteiger partial charge in [0.05, 0.1) is 6.61 Å². The van der Waals surface area contributed by atoms with Crippen LogP contribution in [0.2, 0.25) is 0 Å². The SMILES string of the molecule is CCNC(c1ccccc1)C(C)(C)CN(CCO)C1CC1. The van der Waals surface area contributed by atoms with E-state index < -0.39 is 0 Å². The van der Waals surface area contributed by atoms with E-state index in [9.17, 15) is 5.11 Å². The molecule has 3 heteroatoms. The molecule has 0 spiro atoms. The lowest BCUT2D eigenvalue weighted by atomic mass is 9.79. The highest BCUT2D eigenvalue weighted by Crippen LogP contribution is 2.37. The first kappa shape index (κ1) is 16.5. The molecular formula is C18H30N2O. The molecule has 2 rings (SSSR count). The Morgan fingerprint density at radius 1 is 1.29 bits per heavy atom. The monoisotopic (exact) mass is 290 g/mol. The second-order valence-electron chi connectivity index (χ2n) is 6.82. The summed E-state index contributed by atoms with van der Waals surface area (Å²) in [7, 11) is 0. The highest BCUT2D eigenvalue weighted by molar-refractivity contribution is 5.21. The van der Waals surface area contributed by atoms with E-state index in [0.29, 0.717) is 12.1 Å². The zero-order valence-electron chi connectivity index (χ0n) is 13.7. The van der Waals surface area contributed by atoms with Crippen molar-refractivity contribution in [3.8, 4) is 0 Å². The Labute approximate surface area is 129 Å². The van der Waals surface area contributed by atoms with Gasteiger partial charge in [0.15, 0.2) is 0 Å². The van der Waals surface area contributed by atoms with Crippen LogP contribution in [0.3, 0.4) is 0 Å². The normalized spacial score (nSPS) is 17.2. The minimum Gasteiger partial charge on any atom is -0.395 e. The Balaban J connectivity index is 2.12. The van der Waals surface area contributed by atoms with E-state index in [2.05, 4.69) is 61.3 Å². The molecule has 1 aromatic carbocycles. The molecule has 1 unspecified atom stereocenters. The van der Waals surface area contributed by atoms with E-state index in [1.165, 1.54) is 18.4 Å². The largest absolute Gasteiger partial charge is 0.395 e. The third kappa shape index (κ3) is 4.53. The van der Waals surface area contributed by atoms with E-state index in [1.54, 1.807) is 0 Å². The van der Waals surface area contributed by atoms with Crippen LogP contribution in [-0.2, 0) is 0 Å². The lowest BCUT2D eigenvalue weighted by Gasteiger charge is -2.39. The standard InChI is InChI=1S/C18H30N2O/c1-4-19-17(15-8-6-5-7-9-15)18(2,3)14-20(12-13-21)16-10-11-16/h5-9,16-17,19,21H,4,10-14H2,1-3H3. The maximum Gasteiger partial charge on any atom is 0.0558 e. The number of benzene rings is 1. The average molecular weight is 290 g/mol. The molecule has 0 aromatic heterocycles. The van der Waals surface area contributed by atoms with Gasteiger partial charge in [0, 0.05) is 25.2 Å². The third-order valence-electron chi connectivity index (χ3n) is 4.38. The molecule has 0 amide bonds. The minimum atomic E-state index is 0.120. The molecule has 2 N–H and O–H groups in total. The Bertz CT molecular complexity index is 414. The number of nitrogens with one attached hydrogen (secondary N) is 1. The van der Waals surface area contributed by atoms with Gasteiger partial charge in [0.25, 0.3) is 0 Å². The van der Waals surface area contributed by atoms with Crippen LogP contribution in [0.25, 0.3) is 0 Å². The predicted octanol–water partition coefficient (Wildman–Crippen LogP) is 2.82. The van der Waals surface area contributed by atoms with Crippen molar-refractivity contribution < 1.29 is 5.11 Å². The highest BCUT2D eigenvalue weighted by atomic mass is 16.3. The summed E-state index contributed by atoms with van der Waals surface area (Å²) in [4.78, 5) is 2.47. The van der Waals surface area contributed by atoms with Crippen molar-refractivity contribution in [3.05, 3.63) is 35.9 Å². The molecular weight excluding hydrogens is 260 g/mol. The summed E-state index contributed by atoms with van der Waals surface area (Å²) in [5, 5.41) is 13.0. The fraction of sp³-hybridized carbons (Fsp3) is 0.667. The molecule has 118 valence electrons. The van der Waals surface area contributed by atoms with Crippen LogP contribution in [0.5, 0.6) is 0 Å². The molecule has 0 radical (unpaired) electrons. The van der Waals surface area contributed by atoms with Crippen molar-refractivity contribution in [2.45, 2.75) is 45.7 Å². The van der Waals surface area contributed by atoms with Crippen LogP contribution in [0, 0.1) is 5.41 Å². The van der Waals surface area contributed by atoms with Crippen LogP contribution in [0.15, 0.2) is 30.3 Å². The van der Waals surface area contributed by atoms with Crippen molar-refractivity contribution in [3.63, 3.8) is 0 Å². The van der Waals surface area contributed by atoms with Crippen LogP contribution in [0.4, 0.5) is 0 Å². The molecule has 21 heavy (non-hydrogen) atoms. The fourth-order valence-corrected chi connectivity index (χ4v) is 3.27. The molecule has 1 aromatic rings. The maximum absolute atomic E-state index is 9.31. The summed E-state index contributed by atoms with van der Waals surface area (Å²) in [6, 6.07) is 11.7. The molecule has 1 aliphatic rings. The van der Waals surface area contributed by atoms with E-state index in [0.717, 1.165) is 19.6 Å². The summed E-state index contributed by atoms with van der Waals surface area (Å²) in [5.41, 5.74) is 1.47. The first-order valence-electron chi connectivity index (χ1n) is 8.21. The van der Waals surface area contributed by atoms with E-state index in [4.69, 9.17) is 0 Å². The second-order valence-corrected chi connectivity index (χ2v) is 6.82. The summed E-state index contributed by atoms with van der Waals surface area (Å²) in [6.07, 6.45) is 2.57. The van der Waals surface area contributed by atoms with Gasteiger partial charge in [-0.25, -0.2) is 0 Å². The quantitative estimate of drug-likeness (QED) is 0.734. The maximum atomic E-state index is 9.31. The lowest BCUT2D eigenvalue weighted by Crippen LogP contribution is -2.44. The lowest BCUT2D eigenvalue weighted by molar-refractivity contribution is 0.110. The van der Waals surface area contributed by atoms with Crippen LogP contribution in [-0.4, -0.2) is 42.3 Å². The number of nitrogens with zero attached hydrogens (tertiary/aromatic N) is 1. The van der Waals surface area contributed by atoms with Gasteiger partial charge in [-0.1, -0.05) is 51.1 Å². The van der Waals surface area contributed by atoms with Gasteiger partial charge in [0.1, 0.15) is 0 Å². The summed E-state index contributed by atoms with van der Waals surface area (Å²) < 4.78 is 0. The average Bonchev–Trinajstić information content (AvgIpc) is 3.29. The summed E-state index contributed by atoms with van der Waals surface area (Å²) >= 11 is 0. The van der Waals surface area contributed by atoms with E-state index in [1.807, 2.05) is 0 Å². The van der Waals surface area contributed by atoms with Crippen molar-refractivity contribution in [1.29, 1.82) is 0 Å². The van der Waals surface area contributed by atoms with Crippen LogP contribution < -0.4 is 5.32 Å². The Kier molecular flexibility index (Phi) is 5.80. The van der Waals surface area contributed by atoms with Gasteiger partial charge in [-0.15, -0.1) is 0 Å². The zero-order valence-corrected chi connectivity index (χ0v) is 13.7. The molecule has 0 saturated heterocycles. The van der Waals surface area contributed by atoms with Gasteiger partial charge in [-0.05, 0) is 30.4 Å². The number of hydrogen-bond donors (Lipinski definition) is 2. The summed E-state index contributed by atoms with van der Waals surface area (Å²) in [5.74, 6) is 0. The Hall–Kier alpha value is -0.900. The molecule has 0 bridgehead atoms. The fourth-order valence-electron chi connectivity index (χ4n) is 3.27. The van der Waals surface area contributed by atoms with Gasteiger partial charge in [-0.3, -0.25) is 4.90 Å². The van der Waals surface area contributed by atoms with Gasteiger partial charge >= 0.3 is 0 Å². The topological polar surface area (TPSA) is 35.5 Å². The Morgan fingerprint density at radius 3 is 2.48 bits per heavy atom.